The molecule has 104 valence electrons. The Morgan fingerprint density at radius 1 is 1.53 bits per heavy atom. The molecule has 1 saturated carbocycles. The highest BCUT2D eigenvalue weighted by Crippen LogP contribution is 2.33. The van der Waals surface area contributed by atoms with Gasteiger partial charge >= 0.3 is 12.5 Å². The van der Waals surface area contributed by atoms with Crippen LogP contribution >= 0.6 is 0 Å². The number of amides is 1. The zero-order chi connectivity index (χ0) is 14.0. The standard InChI is InChI=1S/C11H13F2N3O3/c12-11(13)16-5-7(4-14-16)9(17)15-8(10(18)19)3-6-1-2-6/h4-6,8,11H,1-3H2,(H,15,17)(H,18,19). The molecule has 1 aromatic heterocycles. The van der Waals surface area contributed by atoms with Crippen molar-refractivity contribution in [1.82, 2.24) is 15.1 Å². The number of carbonyl (C=O) groups excluding carboxylic acids is 1. The molecule has 0 spiro atoms. The Labute approximate surface area is 107 Å². The summed E-state index contributed by atoms with van der Waals surface area (Å²) in [7, 11) is 0. The molecule has 1 atom stereocenters. The minimum absolute atomic E-state index is 0.0812. The number of aromatic nitrogens is 2. The molecule has 19 heavy (non-hydrogen) atoms. The van der Waals surface area contributed by atoms with Crippen LogP contribution in [0.15, 0.2) is 12.4 Å². The van der Waals surface area contributed by atoms with E-state index in [4.69, 9.17) is 5.11 Å². The minimum atomic E-state index is -2.83. The van der Waals surface area contributed by atoms with Crippen LogP contribution in [-0.4, -0.2) is 32.8 Å². The van der Waals surface area contributed by atoms with Crippen LogP contribution in [-0.2, 0) is 4.79 Å². The van der Waals surface area contributed by atoms with Crippen molar-refractivity contribution >= 4 is 11.9 Å². The van der Waals surface area contributed by atoms with Gasteiger partial charge in [-0.05, 0) is 12.3 Å². The summed E-state index contributed by atoms with van der Waals surface area (Å²) in [6, 6.07) is -0.991. The van der Waals surface area contributed by atoms with Crippen molar-refractivity contribution in [2.24, 2.45) is 5.92 Å². The topological polar surface area (TPSA) is 84.2 Å². The predicted molar refractivity (Wildman–Crippen MR) is 59.7 cm³/mol. The summed E-state index contributed by atoms with van der Waals surface area (Å²) in [5.74, 6) is -1.51. The fourth-order valence-corrected chi connectivity index (χ4v) is 1.71. The molecule has 1 aliphatic rings. The van der Waals surface area contributed by atoms with E-state index in [1.807, 2.05) is 0 Å². The van der Waals surface area contributed by atoms with Crippen molar-refractivity contribution in [3.05, 3.63) is 18.0 Å². The van der Waals surface area contributed by atoms with Gasteiger partial charge in [-0.2, -0.15) is 13.9 Å². The molecular weight excluding hydrogens is 260 g/mol. The largest absolute Gasteiger partial charge is 0.480 e. The summed E-state index contributed by atoms with van der Waals surface area (Å²) in [6.45, 7) is -2.83. The van der Waals surface area contributed by atoms with Crippen LogP contribution in [0.5, 0.6) is 0 Å². The summed E-state index contributed by atoms with van der Waals surface area (Å²) < 4.78 is 24.9. The molecule has 1 fully saturated rings. The summed E-state index contributed by atoms with van der Waals surface area (Å²) in [5.41, 5.74) is -0.0812. The quantitative estimate of drug-likeness (QED) is 0.817. The van der Waals surface area contributed by atoms with Crippen LogP contribution in [0.4, 0.5) is 8.78 Å². The van der Waals surface area contributed by atoms with Crippen molar-refractivity contribution in [3.8, 4) is 0 Å². The van der Waals surface area contributed by atoms with Crippen LogP contribution in [0.2, 0.25) is 0 Å². The molecule has 0 radical (unpaired) electrons. The highest BCUT2D eigenvalue weighted by molar-refractivity contribution is 5.96. The van der Waals surface area contributed by atoms with E-state index in [1.165, 1.54) is 0 Å². The van der Waals surface area contributed by atoms with Gasteiger partial charge < -0.3 is 10.4 Å². The second kappa shape index (κ2) is 5.33. The summed E-state index contributed by atoms with van der Waals surface area (Å²) in [6.07, 6.45) is 4.16. The number of alkyl halides is 2. The predicted octanol–water partition coefficient (Wildman–Crippen LogP) is 1.26. The van der Waals surface area contributed by atoms with Crippen LogP contribution in [0.25, 0.3) is 0 Å². The van der Waals surface area contributed by atoms with Crippen LogP contribution in [0.3, 0.4) is 0 Å². The van der Waals surface area contributed by atoms with Gasteiger partial charge in [0.2, 0.25) is 0 Å². The molecule has 0 bridgehead atoms. The monoisotopic (exact) mass is 273 g/mol. The second-order valence-electron chi connectivity index (χ2n) is 4.53. The summed E-state index contributed by atoms with van der Waals surface area (Å²) >= 11 is 0. The first kappa shape index (κ1) is 13.4. The Morgan fingerprint density at radius 3 is 2.68 bits per heavy atom. The molecule has 1 aliphatic carbocycles. The third kappa shape index (κ3) is 3.49. The number of nitrogens with zero attached hydrogens (tertiary/aromatic N) is 2. The van der Waals surface area contributed by atoms with Crippen LogP contribution in [0.1, 0.15) is 36.2 Å². The average molecular weight is 273 g/mol. The fraction of sp³-hybridized carbons (Fsp3) is 0.545. The number of carboxylic acid groups (broad SMARTS) is 1. The van der Waals surface area contributed by atoms with E-state index in [1.54, 1.807) is 0 Å². The summed E-state index contributed by atoms with van der Waals surface area (Å²) in [4.78, 5) is 22.7. The fourth-order valence-electron chi connectivity index (χ4n) is 1.71. The van der Waals surface area contributed by atoms with Gasteiger partial charge in [-0.3, -0.25) is 4.79 Å². The number of carboxylic acids is 1. The number of rotatable bonds is 6. The molecule has 1 amide bonds. The highest BCUT2D eigenvalue weighted by Gasteiger charge is 2.30. The van der Waals surface area contributed by atoms with Crippen molar-refractivity contribution in [1.29, 1.82) is 0 Å². The van der Waals surface area contributed by atoms with Gasteiger partial charge in [0.05, 0.1) is 11.8 Å². The highest BCUT2D eigenvalue weighted by atomic mass is 19.3. The lowest BCUT2D eigenvalue weighted by Crippen LogP contribution is -2.41. The molecule has 6 nitrogen and oxygen atoms in total. The molecular formula is C11H13F2N3O3. The van der Waals surface area contributed by atoms with E-state index in [-0.39, 0.29) is 5.56 Å². The molecule has 0 saturated heterocycles. The molecule has 8 heteroatoms. The van der Waals surface area contributed by atoms with Crippen molar-refractivity contribution in [2.45, 2.75) is 31.9 Å². The smallest absolute Gasteiger partial charge is 0.333 e. The maximum Gasteiger partial charge on any atom is 0.333 e. The lowest BCUT2D eigenvalue weighted by atomic mass is 10.1. The molecule has 2 N–H and O–H groups in total. The Kier molecular flexibility index (Phi) is 3.77. The number of aliphatic carboxylic acids is 1. The third-order valence-corrected chi connectivity index (χ3v) is 2.93. The zero-order valence-electron chi connectivity index (χ0n) is 9.92. The first-order valence-corrected chi connectivity index (χ1v) is 5.83. The maximum atomic E-state index is 12.3. The number of nitrogens with one attached hydrogen (secondary N) is 1. The van der Waals surface area contributed by atoms with Crippen LogP contribution in [0, 0.1) is 5.92 Å². The molecule has 1 heterocycles. The molecule has 0 aliphatic heterocycles. The first-order valence-electron chi connectivity index (χ1n) is 5.83. The van der Waals surface area contributed by atoms with Crippen molar-refractivity contribution in [3.63, 3.8) is 0 Å². The zero-order valence-corrected chi connectivity index (χ0v) is 9.92. The second-order valence-corrected chi connectivity index (χ2v) is 4.53. The maximum absolute atomic E-state index is 12.3. The van der Waals surface area contributed by atoms with E-state index < -0.39 is 24.5 Å². The van der Waals surface area contributed by atoms with Gasteiger partial charge in [0, 0.05) is 6.20 Å². The van der Waals surface area contributed by atoms with Gasteiger partial charge in [0.1, 0.15) is 6.04 Å². The molecule has 1 aromatic rings. The van der Waals surface area contributed by atoms with E-state index in [2.05, 4.69) is 10.4 Å². The van der Waals surface area contributed by atoms with Gasteiger partial charge in [-0.15, -0.1) is 0 Å². The van der Waals surface area contributed by atoms with Crippen molar-refractivity contribution in [2.75, 3.05) is 0 Å². The van der Waals surface area contributed by atoms with E-state index in [0.29, 0.717) is 17.0 Å². The van der Waals surface area contributed by atoms with E-state index in [0.717, 1.165) is 25.2 Å². The minimum Gasteiger partial charge on any atom is -0.480 e. The SMILES string of the molecule is O=C(NC(CC1CC1)C(=O)O)c1cnn(C(F)F)c1. The van der Waals surface area contributed by atoms with Crippen LogP contribution < -0.4 is 5.32 Å². The third-order valence-electron chi connectivity index (χ3n) is 2.93. The summed E-state index contributed by atoms with van der Waals surface area (Å²) in [5, 5.41) is 14.6. The normalized spacial score (nSPS) is 16.4. The van der Waals surface area contributed by atoms with Gasteiger partial charge in [0.15, 0.2) is 0 Å². The van der Waals surface area contributed by atoms with Gasteiger partial charge in [0.25, 0.3) is 5.91 Å². The molecule has 1 unspecified atom stereocenters. The van der Waals surface area contributed by atoms with E-state index >= 15 is 0 Å². The Morgan fingerprint density at radius 2 is 2.21 bits per heavy atom. The Hall–Kier alpha value is -1.99. The average Bonchev–Trinajstić information content (AvgIpc) is 3.01. The lowest BCUT2D eigenvalue weighted by molar-refractivity contribution is -0.139. The number of hydrogen-bond donors (Lipinski definition) is 2. The molecule has 0 aromatic carbocycles. The Bertz CT molecular complexity index is 485. The Balaban J connectivity index is 1.98. The first-order chi connectivity index (χ1) is 8.97. The number of halogens is 2. The van der Waals surface area contributed by atoms with Gasteiger partial charge in [-0.25, -0.2) is 9.48 Å². The van der Waals surface area contributed by atoms with E-state index in [9.17, 15) is 18.4 Å². The lowest BCUT2D eigenvalue weighted by Gasteiger charge is -2.13. The van der Waals surface area contributed by atoms with Crippen molar-refractivity contribution < 1.29 is 23.5 Å². The number of carbonyl (C=O) groups is 2. The number of hydrogen-bond acceptors (Lipinski definition) is 3. The molecule has 2 rings (SSSR count). The van der Waals surface area contributed by atoms with Gasteiger partial charge in [-0.1, -0.05) is 12.8 Å².